The van der Waals surface area contributed by atoms with E-state index in [9.17, 15) is 9.18 Å². The van der Waals surface area contributed by atoms with Gasteiger partial charge in [-0.3, -0.25) is 9.89 Å². The molecule has 0 radical (unpaired) electrons. The van der Waals surface area contributed by atoms with Crippen LogP contribution in [0, 0.1) is 12.7 Å². The van der Waals surface area contributed by atoms with Gasteiger partial charge in [0.25, 0.3) is 0 Å². The minimum Gasteiger partial charge on any atom is -0.353 e. The fraction of sp³-hybridized carbons (Fsp3) is 0.280. The zero-order chi connectivity index (χ0) is 26.1. The second-order valence-corrected chi connectivity index (χ2v) is 10.1. The van der Waals surface area contributed by atoms with Gasteiger partial charge < -0.3 is 15.5 Å². The maximum atomic E-state index is 13.2. The van der Waals surface area contributed by atoms with Crippen LogP contribution in [0.1, 0.15) is 24.1 Å². The first-order valence-electron chi connectivity index (χ1n) is 12.2. The molecule has 1 aliphatic heterocycles. The summed E-state index contributed by atoms with van der Waals surface area (Å²) in [7, 11) is 0. The lowest BCUT2D eigenvalue weighted by atomic mass is 10.0. The number of amides is 1. The van der Waals surface area contributed by atoms with Crippen LogP contribution in [0.15, 0.2) is 48.2 Å². The molecule has 38 heavy (non-hydrogen) atoms. The summed E-state index contributed by atoms with van der Waals surface area (Å²) in [6, 6.07) is 7.53. The van der Waals surface area contributed by atoms with E-state index in [-0.39, 0.29) is 18.4 Å². The Bertz CT molecular complexity index is 1570. The standard InChI is InChI=1S/C25H25FN10OS/c1-15-10-20(34-33-15)30-23-19-6-9-38-24(19)32-25(31-23)35-7-4-18(5-8-35)29-22(37)11-16-2-3-21(27-12-16)36-14-17(26)13-28-36/h2-3,6,9-10,12-14,18H,4-5,7-8,11H2,1H3,(H,29,37)(H2,30,31,32,33,34). The number of carbonyl (C=O) groups is 1. The molecule has 0 spiro atoms. The Morgan fingerprint density at radius 2 is 2.08 bits per heavy atom. The van der Waals surface area contributed by atoms with Crippen LogP contribution in [0.3, 0.4) is 0 Å². The van der Waals surface area contributed by atoms with Gasteiger partial charge in [0.1, 0.15) is 10.6 Å². The number of nitrogens with zero attached hydrogens (tertiary/aromatic N) is 7. The minimum absolute atomic E-state index is 0.0554. The third-order valence-corrected chi connectivity index (χ3v) is 7.17. The number of aryl methyl sites for hydroxylation is 1. The first-order chi connectivity index (χ1) is 18.5. The zero-order valence-corrected chi connectivity index (χ0v) is 21.4. The number of piperidine rings is 1. The van der Waals surface area contributed by atoms with Gasteiger partial charge in [-0.15, -0.1) is 11.3 Å². The number of thiophene rings is 1. The summed E-state index contributed by atoms with van der Waals surface area (Å²) in [5, 5.41) is 20.5. The van der Waals surface area contributed by atoms with Gasteiger partial charge in [-0.2, -0.15) is 15.2 Å². The Labute approximate surface area is 221 Å². The molecule has 0 bridgehead atoms. The van der Waals surface area contributed by atoms with Crippen LogP contribution in [0.5, 0.6) is 0 Å². The van der Waals surface area contributed by atoms with Crippen molar-refractivity contribution in [2.24, 2.45) is 0 Å². The lowest BCUT2D eigenvalue weighted by Crippen LogP contribution is -2.45. The highest BCUT2D eigenvalue weighted by molar-refractivity contribution is 7.16. The summed E-state index contributed by atoms with van der Waals surface area (Å²) in [6.45, 7) is 3.42. The van der Waals surface area contributed by atoms with Crippen LogP contribution < -0.4 is 15.5 Å². The van der Waals surface area contributed by atoms with Crippen molar-refractivity contribution in [3.63, 3.8) is 0 Å². The smallest absolute Gasteiger partial charge is 0.228 e. The SMILES string of the molecule is Cc1cc(Nc2nc(N3CCC(NC(=O)Cc4ccc(-n5cc(F)cn5)nc4)CC3)nc3sccc23)n[nH]1. The summed E-state index contributed by atoms with van der Waals surface area (Å²) in [5.74, 6) is 2.11. The van der Waals surface area contributed by atoms with E-state index in [0.29, 0.717) is 17.6 Å². The summed E-state index contributed by atoms with van der Waals surface area (Å²) in [4.78, 5) is 29.6. The predicted octanol–water partition coefficient (Wildman–Crippen LogP) is 3.51. The molecule has 1 saturated heterocycles. The van der Waals surface area contributed by atoms with Crippen molar-refractivity contribution >= 4 is 45.0 Å². The van der Waals surface area contributed by atoms with E-state index in [4.69, 9.17) is 9.97 Å². The highest BCUT2D eigenvalue weighted by Gasteiger charge is 2.24. The van der Waals surface area contributed by atoms with Crippen molar-refractivity contribution in [3.8, 4) is 5.82 Å². The number of carbonyl (C=O) groups excluding carboxylic acids is 1. The van der Waals surface area contributed by atoms with Gasteiger partial charge in [-0.1, -0.05) is 6.07 Å². The lowest BCUT2D eigenvalue weighted by molar-refractivity contribution is -0.121. The van der Waals surface area contributed by atoms with E-state index >= 15 is 0 Å². The Kier molecular flexibility index (Phi) is 6.42. The number of anilines is 3. The van der Waals surface area contributed by atoms with Gasteiger partial charge in [-0.05, 0) is 42.8 Å². The molecular weight excluding hydrogens is 507 g/mol. The zero-order valence-electron chi connectivity index (χ0n) is 20.6. The normalized spacial score (nSPS) is 14.2. The highest BCUT2D eigenvalue weighted by atomic mass is 32.1. The molecule has 194 valence electrons. The number of rotatable bonds is 7. The molecule has 0 atom stereocenters. The van der Waals surface area contributed by atoms with Crippen molar-refractivity contribution in [2.45, 2.75) is 32.2 Å². The molecule has 0 saturated carbocycles. The number of hydrogen-bond acceptors (Lipinski definition) is 9. The number of aromatic amines is 1. The van der Waals surface area contributed by atoms with Gasteiger partial charge in [0.05, 0.1) is 24.2 Å². The van der Waals surface area contributed by atoms with Crippen molar-refractivity contribution in [2.75, 3.05) is 23.3 Å². The molecule has 0 aliphatic carbocycles. The van der Waals surface area contributed by atoms with Gasteiger partial charge in [0.2, 0.25) is 11.9 Å². The molecular formula is C25H25FN10OS. The van der Waals surface area contributed by atoms with Gasteiger partial charge in [-0.25, -0.2) is 19.0 Å². The predicted molar refractivity (Wildman–Crippen MR) is 142 cm³/mol. The molecule has 0 unspecified atom stereocenters. The number of aromatic nitrogens is 7. The van der Waals surface area contributed by atoms with E-state index in [0.717, 1.165) is 59.4 Å². The maximum Gasteiger partial charge on any atom is 0.228 e. The van der Waals surface area contributed by atoms with Gasteiger partial charge >= 0.3 is 0 Å². The Morgan fingerprint density at radius 3 is 2.79 bits per heavy atom. The Hall–Kier alpha value is -4.39. The molecule has 1 aliphatic rings. The maximum absolute atomic E-state index is 13.2. The molecule has 13 heteroatoms. The molecule has 6 rings (SSSR count). The summed E-state index contributed by atoms with van der Waals surface area (Å²) < 4.78 is 14.5. The number of fused-ring (bicyclic) bond motifs is 1. The Morgan fingerprint density at radius 1 is 1.21 bits per heavy atom. The monoisotopic (exact) mass is 532 g/mol. The quantitative estimate of drug-likeness (QED) is 0.290. The molecule has 11 nitrogen and oxygen atoms in total. The van der Waals surface area contributed by atoms with Gasteiger partial charge in [0, 0.05) is 37.1 Å². The summed E-state index contributed by atoms with van der Waals surface area (Å²) in [6.07, 6.45) is 5.80. The average Bonchev–Trinajstić information content (AvgIpc) is 3.66. The Balaban J connectivity index is 1.05. The van der Waals surface area contributed by atoms with Crippen LogP contribution in [-0.4, -0.2) is 60.0 Å². The number of hydrogen-bond donors (Lipinski definition) is 3. The molecule has 6 heterocycles. The molecule has 0 aromatic carbocycles. The molecule has 5 aromatic heterocycles. The van der Waals surface area contributed by atoms with Crippen LogP contribution in [0.2, 0.25) is 0 Å². The van der Waals surface area contributed by atoms with Crippen molar-refractivity contribution < 1.29 is 9.18 Å². The first-order valence-corrected chi connectivity index (χ1v) is 13.1. The molecule has 1 amide bonds. The fourth-order valence-electron chi connectivity index (χ4n) is 4.46. The molecule has 5 aromatic rings. The van der Waals surface area contributed by atoms with Crippen LogP contribution in [-0.2, 0) is 11.2 Å². The van der Waals surface area contributed by atoms with Crippen molar-refractivity contribution in [3.05, 3.63) is 65.3 Å². The van der Waals surface area contributed by atoms with Gasteiger partial charge in [0.15, 0.2) is 17.5 Å². The third-order valence-electron chi connectivity index (χ3n) is 6.37. The number of nitrogens with one attached hydrogen (secondary N) is 3. The summed E-state index contributed by atoms with van der Waals surface area (Å²) in [5.41, 5.74) is 1.74. The van der Waals surface area contributed by atoms with E-state index in [1.165, 1.54) is 10.9 Å². The highest BCUT2D eigenvalue weighted by Crippen LogP contribution is 2.30. The van der Waals surface area contributed by atoms with E-state index in [1.54, 1.807) is 29.7 Å². The second kappa shape index (κ2) is 10.2. The first kappa shape index (κ1) is 24.0. The van der Waals surface area contributed by atoms with Crippen molar-refractivity contribution in [1.29, 1.82) is 0 Å². The lowest BCUT2D eigenvalue weighted by Gasteiger charge is -2.32. The molecule has 3 N–H and O–H groups in total. The average molecular weight is 533 g/mol. The minimum atomic E-state index is -0.430. The topological polar surface area (TPSA) is 130 Å². The second-order valence-electron chi connectivity index (χ2n) is 9.21. The number of H-pyrrole nitrogens is 1. The van der Waals surface area contributed by atoms with Crippen molar-refractivity contribution in [1.82, 2.24) is 40.2 Å². The number of pyridine rings is 1. The largest absolute Gasteiger partial charge is 0.353 e. The summed E-state index contributed by atoms with van der Waals surface area (Å²) >= 11 is 1.58. The molecule has 1 fully saturated rings. The third kappa shape index (κ3) is 5.18. The van der Waals surface area contributed by atoms with E-state index in [2.05, 4.69) is 35.8 Å². The van der Waals surface area contributed by atoms with Crippen LogP contribution in [0.25, 0.3) is 16.0 Å². The van der Waals surface area contributed by atoms with Crippen LogP contribution >= 0.6 is 11.3 Å². The fourth-order valence-corrected chi connectivity index (χ4v) is 5.21. The van der Waals surface area contributed by atoms with Crippen LogP contribution in [0.4, 0.5) is 22.0 Å². The van der Waals surface area contributed by atoms with E-state index in [1.807, 2.05) is 24.4 Å². The number of halogens is 1. The van der Waals surface area contributed by atoms with E-state index < -0.39 is 5.82 Å².